The summed E-state index contributed by atoms with van der Waals surface area (Å²) in [5.41, 5.74) is 2.59. The van der Waals surface area contributed by atoms with E-state index in [0.29, 0.717) is 37.4 Å². The number of carbonyl (C=O) groups excluding carboxylic acids is 1. The van der Waals surface area contributed by atoms with Gasteiger partial charge in [-0.15, -0.1) is 0 Å². The molecule has 186 valence electrons. The molecule has 0 bridgehead atoms. The second-order valence-electron chi connectivity index (χ2n) is 9.55. The minimum absolute atomic E-state index is 0.101. The fourth-order valence-electron chi connectivity index (χ4n) is 5.99. The second kappa shape index (κ2) is 8.65. The summed E-state index contributed by atoms with van der Waals surface area (Å²) in [5, 5.41) is 11.4. The molecule has 1 saturated heterocycles. The highest BCUT2D eigenvalue weighted by molar-refractivity contribution is 7.89. The van der Waals surface area contributed by atoms with E-state index in [2.05, 4.69) is 4.57 Å². The number of fused-ring (bicyclic) bond motifs is 4. The first kappa shape index (κ1) is 23.8. The minimum Gasteiger partial charge on any atom is -0.497 e. The zero-order chi connectivity index (χ0) is 25.0. The van der Waals surface area contributed by atoms with Crippen LogP contribution in [0.1, 0.15) is 37.1 Å². The number of aryl methyl sites for hydroxylation is 1. The topological polar surface area (TPSA) is 92.1 Å². The summed E-state index contributed by atoms with van der Waals surface area (Å²) in [6.45, 7) is 2.52. The van der Waals surface area contributed by atoms with Crippen molar-refractivity contribution in [1.29, 1.82) is 0 Å². The molecule has 1 N–H and O–H groups in total. The number of rotatable bonds is 4. The van der Waals surface area contributed by atoms with Crippen molar-refractivity contribution in [2.75, 3.05) is 33.4 Å². The van der Waals surface area contributed by atoms with Crippen LogP contribution in [0.3, 0.4) is 0 Å². The SMILES string of the molecule is COc1ccc2c3c(n(C)c2c1)[C@@H](CO)N(C(C)=O)CC31CCN(S(=O)(=O)c2ccccc2)CC1. The van der Waals surface area contributed by atoms with Crippen LogP contribution in [-0.2, 0) is 27.3 Å². The predicted molar refractivity (Wildman–Crippen MR) is 133 cm³/mol. The van der Waals surface area contributed by atoms with E-state index in [1.54, 1.807) is 46.6 Å². The molecule has 0 aliphatic carbocycles. The van der Waals surface area contributed by atoms with Crippen LogP contribution >= 0.6 is 0 Å². The van der Waals surface area contributed by atoms with Gasteiger partial charge in [-0.25, -0.2) is 8.42 Å². The number of nitrogens with zero attached hydrogens (tertiary/aromatic N) is 3. The van der Waals surface area contributed by atoms with E-state index in [1.165, 1.54) is 6.92 Å². The Morgan fingerprint density at radius 2 is 1.83 bits per heavy atom. The van der Waals surface area contributed by atoms with E-state index in [0.717, 1.165) is 27.9 Å². The van der Waals surface area contributed by atoms with Gasteiger partial charge in [0, 0.05) is 56.2 Å². The maximum absolute atomic E-state index is 13.3. The van der Waals surface area contributed by atoms with Gasteiger partial charge in [0.2, 0.25) is 15.9 Å². The van der Waals surface area contributed by atoms with Gasteiger partial charge in [0.15, 0.2) is 0 Å². The molecule has 3 heterocycles. The highest BCUT2D eigenvalue weighted by Gasteiger charge is 2.50. The van der Waals surface area contributed by atoms with Gasteiger partial charge in [0.1, 0.15) is 5.75 Å². The van der Waals surface area contributed by atoms with Gasteiger partial charge in [-0.05, 0) is 42.7 Å². The Kier molecular flexibility index (Phi) is 5.89. The predicted octanol–water partition coefficient (Wildman–Crippen LogP) is 2.80. The van der Waals surface area contributed by atoms with Crippen molar-refractivity contribution in [1.82, 2.24) is 13.8 Å². The third-order valence-electron chi connectivity index (χ3n) is 7.79. The molecule has 0 radical (unpaired) electrons. The standard InChI is InChI=1S/C26H31N3O5S/c1-18(31)29-17-26(11-13-28(14-12-26)35(32,33)20-7-5-4-6-8-20)24-21-10-9-19(34-3)15-22(21)27(2)25(24)23(29)16-30/h4-10,15,23,30H,11-14,16-17H2,1-3H3/t23-/m1/s1. The highest BCUT2D eigenvalue weighted by atomic mass is 32.2. The number of aliphatic hydroxyl groups excluding tert-OH is 1. The first-order valence-corrected chi connectivity index (χ1v) is 13.3. The third-order valence-corrected chi connectivity index (χ3v) is 9.70. The summed E-state index contributed by atoms with van der Waals surface area (Å²) in [5.74, 6) is 0.633. The van der Waals surface area contributed by atoms with Crippen molar-refractivity contribution in [2.24, 2.45) is 7.05 Å². The Hall–Kier alpha value is -2.88. The maximum Gasteiger partial charge on any atom is 0.243 e. The van der Waals surface area contributed by atoms with Crippen molar-refractivity contribution in [3.8, 4) is 5.75 Å². The number of ether oxygens (including phenoxy) is 1. The Labute approximate surface area is 205 Å². The number of aromatic nitrogens is 1. The van der Waals surface area contributed by atoms with E-state index >= 15 is 0 Å². The molecule has 5 rings (SSSR count). The number of piperidine rings is 1. The number of methoxy groups -OCH3 is 1. The lowest BCUT2D eigenvalue weighted by Gasteiger charge is -2.50. The number of carbonyl (C=O) groups is 1. The molecule has 35 heavy (non-hydrogen) atoms. The fourth-order valence-corrected chi connectivity index (χ4v) is 7.46. The smallest absolute Gasteiger partial charge is 0.243 e. The molecule has 2 aliphatic heterocycles. The monoisotopic (exact) mass is 497 g/mol. The van der Waals surface area contributed by atoms with Crippen molar-refractivity contribution in [3.05, 3.63) is 59.8 Å². The highest BCUT2D eigenvalue weighted by Crippen LogP contribution is 2.50. The van der Waals surface area contributed by atoms with E-state index in [4.69, 9.17) is 4.74 Å². The van der Waals surface area contributed by atoms with E-state index in [-0.39, 0.29) is 12.5 Å². The average Bonchev–Trinajstić information content (AvgIpc) is 3.17. The van der Waals surface area contributed by atoms with E-state index in [1.807, 2.05) is 25.2 Å². The normalized spacial score (nSPS) is 20.2. The van der Waals surface area contributed by atoms with Crippen LogP contribution in [0.2, 0.25) is 0 Å². The van der Waals surface area contributed by atoms with Gasteiger partial charge in [0.25, 0.3) is 0 Å². The second-order valence-corrected chi connectivity index (χ2v) is 11.5. The summed E-state index contributed by atoms with van der Waals surface area (Å²) >= 11 is 0. The summed E-state index contributed by atoms with van der Waals surface area (Å²) in [4.78, 5) is 14.8. The lowest BCUT2D eigenvalue weighted by atomic mass is 9.68. The van der Waals surface area contributed by atoms with Crippen LogP contribution in [0.4, 0.5) is 0 Å². The third kappa shape index (κ3) is 3.64. The van der Waals surface area contributed by atoms with Gasteiger partial charge in [-0.2, -0.15) is 4.31 Å². The van der Waals surface area contributed by atoms with Gasteiger partial charge < -0.3 is 19.3 Å². The van der Waals surface area contributed by atoms with Crippen molar-refractivity contribution in [3.63, 3.8) is 0 Å². The number of hydrogen-bond donors (Lipinski definition) is 1. The molecular formula is C26H31N3O5S. The molecule has 8 nitrogen and oxygen atoms in total. The van der Waals surface area contributed by atoms with Crippen LogP contribution in [0, 0.1) is 0 Å². The lowest BCUT2D eigenvalue weighted by Crippen LogP contribution is -2.55. The van der Waals surface area contributed by atoms with Crippen molar-refractivity contribution < 1.29 is 23.1 Å². The summed E-state index contributed by atoms with van der Waals surface area (Å²) in [7, 11) is -0.0139. The average molecular weight is 498 g/mol. The Morgan fingerprint density at radius 3 is 2.43 bits per heavy atom. The van der Waals surface area contributed by atoms with Crippen LogP contribution in [-0.4, -0.2) is 66.6 Å². The molecule has 1 spiro atoms. The van der Waals surface area contributed by atoms with Gasteiger partial charge >= 0.3 is 0 Å². The molecule has 9 heteroatoms. The van der Waals surface area contributed by atoms with Crippen molar-refractivity contribution in [2.45, 2.75) is 36.1 Å². The number of aliphatic hydroxyl groups is 1. The maximum atomic E-state index is 13.3. The van der Waals surface area contributed by atoms with Crippen LogP contribution in [0.5, 0.6) is 5.75 Å². The molecule has 0 unspecified atom stereocenters. The van der Waals surface area contributed by atoms with Crippen LogP contribution in [0.15, 0.2) is 53.4 Å². The zero-order valence-corrected chi connectivity index (χ0v) is 21.1. The quantitative estimate of drug-likeness (QED) is 0.599. The molecule has 1 amide bonds. The molecule has 3 aromatic rings. The number of amides is 1. The van der Waals surface area contributed by atoms with Gasteiger partial charge in [-0.3, -0.25) is 4.79 Å². The van der Waals surface area contributed by atoms with Crippen LogP contribution < -0.4 is 4.74 Å². The number of sulfonamides is 1. The van der Waals surface area contributed by atoms with Gasteiger partial charge in [-0.1, -0.05) is 18.2 Å². The first-order chi connectivity index (χ1) is 16.7. The number of hydrogen-bond acceptors (Lipinski definition) is 5. The molecule has 1 atom stereocenters. The Balaban J connectivity index is 1.61. The lowest BCUT2D eigenvalue weighted by molar-refractivity contribution is -0.134. The van der Waals surface area contributed by atoms with Crippen molar-refractivity contribution >= 4 is 26.8 Å². The zero-order valence-electron chi connectivity index (χ0n) is 20.3. The van der Waals surface area contributed by atoms with Crippen LogP contribution in [0.25, 0.3) is 10.9 Å². The molecule has 1 fully saturated rings. The molecular weight excluding hydrogens is 466 g/mol. The summed E-state index contributed by atoms with van der Waals surface area (Å²) in [6, 6.07) is 14.0. The summed E-state index contributed by atoms with van der Waals surface area (Å²) < 4.78 is 35.6. The fraction of sp³-hybridized carbons (Fsp3) is 0.423. The molecule has 2 aliphatic rings. The molecule has 2 aromatic carbocycles. The molecule has 0 saturated carbocycles. The molecule has 1 aromatic heterocycles. The minimum atomic E-state index is -3.60. The van der Waals surface area contributed by atoms with E-state index < -0.39 is 21.5 Å². The first-order valence-electron chi connectivity index (χ1n) is 11.8. The number of benzene rings is 2. The largest absolute Gasteiger partial charge is 0.497 e. The summed E-state index contributed by atoms with van der Waals surface area (Å²) in [6.07, 6.45) is 1.16. The van der Waals surface area contributed by atoms with E-state index in [9.17, 15) is 18.3 Å². The Morgan fingerprint density at radius 1 is 1.14 bits per heavy atom. The Bertz CT molecular complexity index is 1370. The van der Waals surface area contributed by atoms with Gasteiger partial charge in [0.05, 0.1) is 30.2 Å².